The number of carbonyl (C=O) groups is 3. The van der Waals surface area contributed by atoms with E-state index in [4.69, 9.17) is 34.8 Å². The van der Waals surface area contributed by atoms with Crippen LogP contribution >= 0.6 is 0 Å². The Hall–Kier alpha value is -1.83. The smallest absolute Gasteiger partial charge is 0.309 e. The minimum Gasteiger partial charge on any atom is -0.457 e. The van der Waals surface area contributed by atoms with Crippen LogP contribution in [0.5, 0.6) is 0 Å². The quantitative estimate of drug-likeness (QED) is 0.420. The molecule has 0 aromatic heterocycles. The Morgan fingerprint density at radius 1 is 1.37 bits per heavy atom. The first-order valence-corrected chi connectivity index (χ1v) is 14.0. The van der Waals surface area contributed by atoms with Gasteiger partial charge in [-0.2, -0.15) is 0 Å². The maximum absolute atomic E-state index is 15.0. The van der Waals surface area contributed by atoms with Gasteiger partial charge in [0.2, 0.25) is 5.78 Å². The van der Waals surface area contributed by atoms with Crippen molar-refractivity contribution in [1.82, 2.24) is 0 Å². The van der Waals surface area contributed by atoms with E-state index in [2.05, 4.69) is 0 Å². The van der Waals surface area contributed by atoms with Crippen molar-refractivity contribution in [3.05, 3.63) is 23.8 Å². The number of allylic oxidation sites excluding steroid dienone is 4. The molecule has 226 valence electrons. The van der Waals surface area contributed by atoms with Crippen LogP contribution in [0.4, 0.5) is 0 Å². The van der Waals surface area contributed by atoms with E-state index < -0.39 is 127 Å². The van der Waals surface area contributed by atoms with Gasteiger partial charge in [0.15, 0.2) is 24.3 Å². The molecule has 41 heavy (non-hydrogen) atoms. The molecule has 1 aliphatic heterocycles. The molecule has 0 aromatic rings. The fraction of sp³-hybridized carbons (Fsp3) is 0.794. The Kier molecular flexibility index (Phi) is 3.87. The van der Waals surface area contributed by atoms with Crippen LogP contribution < -0.4 is 0 Å². The second-order valence-electron chi connectivity index (χ2n) is 12.3. The topological polar surface area (TPSA) is 99.1 Å². The molecule has 6 rings (SSSR count). The monoisotopic (exact) mass is 585 g/mol. The van der Waals surface area contributed by atoms with Crippen molar-refractivity contribution < 1.29 is 57.0 Å². The molecule has 1 heterocycles. The van der Waals surface area contributed by atoms with Gasteiger partial charge < -0.3 is 19.3 Å². The van der Waals surface area contributed by atoms with Crippen molar-refractivity contribution in [3.63, 3.8) is 0 Å². The highest BCUT2D eigenvalue weighted by molar-refractivity contribution is 6.01. The summed E-state index contributed by atoms with van der Waals surface area (Å²) < 4.78 is 162. The number of esters is 1. The minimum absolute atomic E-state index is 0.231. The highest BCUT2D eigenvalue weighted by Gasteiger charge is 2.76. The van der Waals surface area contributed by atoms with Gasteiger partial charge in [-0.15, -0.1) is 0 Å². The van der Waals surface area contributed by atoms with Gasteiger partial charge in [-0.25, -0.2) is 0 Å². The van der Waals surface area contributed by atoms with E-state index in [1.54, 1.807) is 6.08 Å². The zero-order valence-corrected chi connectivity index (χ0v) is 23.6. The number of hydrogen-bond donors (Lipinski definition) is 1. The van der Waals surface area contributed by atoms with Crippen molar-refractivity contribution in [3.8, 4) is 0 Å². The van der Waals surface area contributed by atoms with Gasteiger partial charge in [-0.05, 0) is 68.3 Å². The Morgan fingerprint density at radius 2 is 2.15 bits per heavy atom. The number of fused-ring (bicyclic) bond motifs is 7. The summed E-state index contributed by atoms with van der Waals surface area (Å²) in [5.41, 5.74) is -4.47. The number of rotatable bonds is 6. The molecular weight excluding hydrogens is 520 g/mol. The third kappa shape index (κ3) is 4.27. The summed E-state index contributed by atoms with van der Waals surface area (Å²) in [6, 6.07) is 0. The molecule has 4 saturated carbocycles. The van der Waals surface area contributed by atoms with E-state index in [0.29, 0.717) is 26.7 Å². The van der Waals surface area contributed by atoms with Crippen LogP contribution in [0.3, 0.4) is 0 Å². The maximum atomic E-state index is 15.0. The van der Waals surface area contributed by atoms with E-state index in [-0.39, 0.29) is 18.6 Å². The van der Waals surface area contributed by atoms with Crippen molar-refractivity contribution >= 4 is 17.5 Å². The van der Waals surface area contributed by atoms with E-state index in [1.807, 2.05) is 6.92 Å². The lowest BCUT2D eigenvalue weighted by Gasteiger charge is -2.59. The molecule has 6 aliphatic rings. The summed E-state index contributed by atoms with van der Waals surface area (Å²) in [7, 11) is 0. The van der Waals surface area contributed by atoms with Crippen LogP contribution in [0, 0.1) is 46.3 Å². The van der Waals surface area contributed by atoms with Crippen molar-refractivity contribution in [2.45, 2.75) is 116 Å². The van der Waals surface area contributed by atoms with E-state index in [9.17, 15) is 22.2 Å². The van der Waals surface area contributed by atoms with Gasteiger partial charge >= 0.3 is 5.97 Å². The number of carbonyl (C=O) groups excluding carboxylic acids is 3. The van der Waals surface area contributed by atoms with Crippen LogP contribution in [0.15, 0.2) is 23.8 Å². The largest absolute Gasteiger partial charge is 0.457 e. The number of aliphatic hydroxyl groups is 1. The Morgan fingerprint density at radius 3 is 2.90 bits per heavy atom. The standard InChI is InChI=1S/C34H48O7/c1-6-19(2)30(38)39-18-27(37)34-28(40-31(41-34)23-10-8-7-9-20(23)3)16-25-24-12-11-21-15-22(35)13-14-32(21,4)29(24)26(36)17-33(25,34)5/h13-15,19-20,23-26,28-29,31,36H,6-12,16-18H2,1-5H3/t19?,20?,23?,24-,25-,26-,28+,29+,31+,32-,33-,34+/m0/s1/i2D3,6D2,7D2,8D2,9D2,10D2,19D,20D,23D,31D. The molecule has 1 N–H and O–H groups in total. The molecule has 7 nitrogen and oxygen atoms in total. The van der Waals surface area contributed by atoms with Crippen LogP contribution in [0.25, 0.3) is 0 Å². The normalized spacial score (nSPS) is 65.3. The minimum atomic E-state index is -4.00. The summed E-state index contributed by atoms with van der Waals surface area (Å²) >= 11 is 0. The molecule has 0 spiro atoms. The SMILES string of the molecule is [2H]C([2H])([2H])C([2H])(C(=O)OCC(=O)[C@@]12O[C@]([2H])(C3([2H])C([2H])([2H])C([2H])([2H])C([2H])([2H])C([2H])([2H])C3([2H])C)O[C@@H]1C[C@H]1[C@@H]3CCC4=CC(=O)C=C[C@]4(C)[C@H]3[C@@H](O)C[C@@]12C)C([2H])([2H])C. The van der Waals surface area contributed by atoms with Gasteiger partial charge in [-0.3, -0.25) is 14.4 Å². The Balaban J connectivity index is 1.51. The van der Waals surface area contributed by atoms with Crippen LogP contribution in [-0.4, -0.2) is 53.3 Å². The Labute approximate surface area is 268 Å². The summed E-state index contributed by atoms with van der Waals surface area (Å²) in [6.07, 6.45) is -20.6. The maximum Gasteiger partial charge on any atom is 0.309 e. The second kappa shape index (κ2) is 10.4. The number of ketones is 2. The second-order valence-corrected chi connectivity index (χ2v) is 12.3. The van der Waals surface area contributed by atoms with Crippen molar-refractivity contribution in [2.75, 3.05) is 6.61 Å². The van der Waals surface area contributed by atoms with Crippen LogP contribution in [0.2, 0.25) is 0 Å². The van der Waals surface area contributed by atoms with Crippen LogP contribution in [-0.2, 0) is 28.6 Å². The lowest BCUT2D eigenvalue weighted by atomic mass is 9.46. The predicted octanol–water partition coefficient (Wildman–Crippen LogP) is 5.34. The number of Topliss-reactive ketones (excluding diaryl/α,β-unsaturated/α-hetero) is 1. The first-order valence-electron chi connectivity index (χ1n) is 22.5. The zero-order chi connectivity index (χ0) is 44.5. The molecule has 0 aromatic carbocycles. The summed E-state index contributed by atoms with van der Waals surface area (Å²) in [4.78, 5) is 40.7. The first kappa shape index (κ1) is 15.3. The van der Waals surface area contributed by atoms with Crippen molar-refractivity contribution in [1.29, 1.82) is 0 Å². The van der Waals surface area contributed by atoms with E-state index in [1.165, 1.54) is 19.1 Å². The molecule has 1 saturated heterocycles. The summed E-state index contributed by atoms with van der Waals surface area (Å²) in [6.45, 7) is -0.515. The molecule has 5 aliphatic carbocycles. The lowest BCUT2D eigenvalue weighted by Crippen LogP contribution is -2.64. The average molecular weight is 586 g/mol. The van der Waals surface area contributed by atoms with Gasteiger partial charge in [0.25, 0.3) is 0 Å². The molecule has 3 unspecified atom stereocenters. The fourth-order valence-corrected chi connectivity index (χ4v) is 8.57. The summed E-state index contributed by atoms with van der Waals surface area (Å²) in [5, 5.41) is 12.1. The molecule has 7 heteroatoms. The molecule has 5 fully saturated rings. The molecule has 0 radical (unpaired) electrons. The molecule has 12 atom stereocenters. The molecular formula is C34H48O7. The highest BCUT2D eigenvalue weighted by atomic mass is 16.7. The number of ether oxygens (including phenoxy) is 3. The Bertz CT molecular complexity index is 1830. The van der Waals surface area contributed by atoms with Gasteiger partial charge in [-0.1, -0.05) is 65.3 Å². The van der Waals surface area contributed by atoms with Gasteiger partial charge in [0.05, 0.1) is 19.5 Å². The van der Waals surface area contributed by atoms with E-state index >= 15 is 0 Å². The molecule has 0 bridgehead atoms. The van der Waals surface area contributed by atoms with Crippen LogP contribution in [0.1, 0.15) is 115 Å². The summed E-state index contributed by atoms with van der Waals surface area (Å²) in [5.74, 6) is -16.2. The first-order chi connectivity index (χ1) is 25.8. The zero-order valence-electron chi connectivity index (χ0n) is 40.6. The highest BCUT2D eigenvalue weighted by Crippen LogP contribution is 2.70. The predicted molar refractivity (Wildman–Crippen MR) is 152 cm³/mol. The van der Waals surface area contributed by atoms with Crippen molar-refractivity contribution in [2.24, 2.45) is 46.3 Å². The number of hydrogen-bond acceptors (Lipinski definition) is 7. The van der Waals surface area contributed by atoms with Gasteiger partial charge in [0, 0.05) is 44.6 Å². The van der Waals surface area contributed by atoms with Gasteiger partial charge in [0.1, 0.15) is 0 Å². The fourth-order valence-electron chi connectivity index (χ4n) is 8.57. The number of aliphatic hydroxyl groups excluding tert-OH is 1. The van der Waals surface area contributed by atoms with E-state index in [0.717, 1.165) is 5.57 Å². The average Bonchev–Trinajstić information content (AvgIpc) is 3.52. The lowest BCUT2D eigenvalue weighted by molar-refractivity contribution is -0.213. The third-order valence-corrected chi connectivity index (χ3v) is 10.4. The molecule has 0 amide bonds. The third-order valence-electron chi connectivity index (χ3n) is 10.4.